The second-order valence-corrected chi connectivity index (χ2v) is 5.87. The van der Waals surface area contributed by atoms with Crippen LogP contribution in [0.2, 0.25) is 0 Å². The van der Waals surface area contributed by atoms with Gasteiger partial charge in [0.2, 0.25) is 0 Å². The van der Waals surface area contributed by atoms with Crippen molar-refractivity contribution in [3.05, 3.63) is 0 Å². The van der Waals surface area contributed by atoms with Gasteiger partial charge in [-0.3, -0.25) is 4.90 Å². The standard InChI is InChI=1S/C15H28N2/c1-7-13(8-2)17-11-15(6,9-3)16-10-14(17)12(4)5/h1,12-14,16H,8-11H2,2-6H3. The Morgan fingerprint density at radius 3 is 2.53 bits per heavy atom. The van der Waals surface area contributed by atoms with Crippen molar-refractivity contribution in [3.8, 4) is 12.3 Å². The van der Waals surface area contributed by atoms with Gasteiger partial charge in [-0.25, -0.2) is 0 Å². The summed E-state index contributed by atoms with van der Waals surface area (Å²) in [6.45, 7) is 13.4. The number of hydrogen-bond donors (Lipinski definition) is 1. The van der Waals surface area contributed by atoms with E-state index in [4.69, 9.17) is 6.42 Å². The first-order valence-electron chi connectivity index (χ1n) is 6.94. The maximum Gasteiger partial charge on any atom is 0.0712 e. The molecule has 98 valence electrons. The first-order valence-corrected chi connectivity index (χ1v) is 6.94. The maximum absolute atomic E-state index is 5.69. The van der Waals surface area contributed by atoms with Gasteiger partial charge in [0.25, 0.3) is 0 Å². The summed E-state index contributed by atoms with van der Waals surface area (Å²) in [6.07, 6.45) is 7.88. The average molecular weight is 236 g/mol. The monoisotopic (exact) mass is 236 g/mol. The second kappa shape index (κ2) is 5.89. The first-order chi connectivity index (χ1) is 7.97. The van der Waals surface area contributed by atoms with Crippen molar-refractivity contribution in [1.29, 1.82) is 0 Å². The fraction of sp³-hybridized carbons (Fsp3) is 0.867. The number of terminal acetylenes is 1. The third-order valence-electron chi connectivity index (χ3n) is 4.22. The smallest absolute Gasteiger partial charge is 0.0712 e. The fourth-order valence-corrected chi connectivity index (χ4v) is 2.69. The van der Waals surface area contributed by atoms with E-state index in [9.17, 15) is 0 Å². The number of hydrogen-bond acceptors (Lipinski definition) is 2. The van der Waals surface area contributed by atoms with E-state index in [1.165, 1.54) is 0 Å². The van der Waals surface area contributed by atoms with Crippen molar-refractivity contribution in [2.45, 2.75) is 65.1 Å². The molecule has 1 rings (SSSR count). The Balaban J connectivity index is 2.87. The third-order valence-corrected chi connectivity index (χ3v) is 4.22. The van der Waals surface area contributed by atoms with Gasteiger partial charge in [-0.1, -0.05) is 33.6 Å². The summed E-state index contributed by atoms with van der Waals surface area (Å²) in [5.41, 5.74) is 0.218. The molecule has 1 aliphatic rings. The van der Waals surface area contributed by atoms with Crippen molar-refractivity contribution in [2.75, 3.05) is 13.1 Å². The zero-order valence-electron chi connectivity index (χ0n) is 12.1. The molecule has 1 fully saturated rings. The molecule has 17 heavy (non-hydrogen) atoms. The van der Waals surface area contributed by atoms with Crippen molar-refractivity contribution in [2.24, 2.45) is 5.92 Å². The second-order valence-electron chi connectivity index (χ2n) is 5.87. The van der Waals surface area contributed by atoms with Crippen molar-refractivity contribution >= 4 is 0 Å². The molecule has 1 heterocycles. The Morgan fingerprint density at radius 2 is 2.12 bits per heavy atom. The van der Waals surface area contributed by atoms with Crippen molar-refractivity contribution < 1.29 is 0 Å². The van der Waals surface area contributed by atoms with Crippen LogP contribution in [0.4, 0.5) is 0 Å². The molecule has 0 aromatic rings. The molecule has 1 N–H and O–H groups in total. The van der Waals surface area contributed by atoms with Gasteiger partial charge < -0.3 is 5.32 Å². The Hall–Kier alpha value is -0.520. The Bertz CT molecular complexity index is 279. The van der Waals surface area contributed by atoms with Gasteiger partial charge in [0, 0.05) is 24.7 Å². The zero-order valence-corrected chi connectivity index (χ0v) is 12.1. The molecule has 0 aromatic heterocycles. The van der Waals surface area contributed by atoms with Crippen LogP contribution in [0.25, 0.3) is 0 Å². The maximum atomic E-state index is 5.69. The van der Waals surface area contributed by atoms with Crippen LogP contribution >= 0.6 is 0 Å². The molecule has 0 amide bonds. The Kier molecular flexibility index (Phi) is 5.04. The molecular formula is C15H28N2. The van der Waals surface area contributed by atoms with Crippen molar-refractivity contribution in [3.63, 3.8) is 0 Å². The highest BCUT2D eigenvalue weighted by Crippen LogP contribution is 2.25. The van der Waals surface area contributed by atoms with Crippen LogP contribution in [-0.4, -0.2) is 35.6 Å². The Labute approximate surface area is 107 Å². The SMILES string of the molecule is C#CC(CC)N1CC(C)(CC)NCC1C(C)C. The quantitative estimate of drug-likeness (QED) is 0.755. The van der Waals surface area contributed by atoms with Gasteiger partial charge in [-0.05, 0) is 25.7 Å². The van der Waals surface area contributed by atoms with Gasteiger partial charge in [0.15, 0.2) is 0 Å². The summed E-state index contributed by atoms with van der Waals surface area (Å²) in [5.74, 6) is 3.61. The third kappa shape index (κ3) is 3.24. The number of rotatable bonds is 4. The molecule has 1 aliphatic heterocycles. The summed E-state index contributed by atoms with van der Waals surface area (Å²) in [7, 11) is 0. The lowest BCUT2D eigenvalue weighted by atomic mass is 9.88. The summed E-state index contributed by atoms with van der Waals surface area (Å²) in [6, 6.07) is 0.853. The van der Waals surface area contributed by atoms with E-state index < -0.39 is 0 Å². The van der Waals surface area contributed by atoms with Crippen LogP contribution in [0.1, 0.15) is 47.5 Å². The predicted molar refractivity (Wildman–Crippen MR) is 74.9 cm³/mol. The van der Waals surface area contributed by atoms with Crippen LogP contribution in [-0.2, 0) is 0 Å². The van der Waals surface area contributed by atoms with Gasteiger partial charge in [-0.15, -0.1) is 6.42 Å². The number of nitrogens with one attached hydrogen (secondary N) is 1. The minimum absolute atomic E-state index is 0.218. The summed E-state index contributed by atoms with van der Waals surface area (Å²) in [5, 5.41) is 3.70. The van der Waals surface area contributed by atoms with Gasteiger partial charge in [0.05, 0.1) is 6.04 Å². The molecule has 0 radical (unpaired) electrons. The van der Waals surface area contributed by atoms with E-state index in [1.54, 1.807) is 0 Å². The molecule has 3 unspecified atom stereocenters. The lowest BCUT2D eigenvalue weighted by Gasteiger charge is -2.49. The molecule has 0 bridgehead atoms. The number of nitrogens with zero attached hydrogens (tertiary/aromatic N) is 1. The lowest BCUT2D eigenvalue weighted by Crippen LogP contribution is -2.65. The molecule has 2 heteroatoms. The predicted octanol–water partition coefficient (Wildman–Crippen LogP) is 2.50. The van der Waals surface area contributed by atoms with E-state index in [0.717, 1.165) is 25.9 Å². The van der Waals surface area contributed by atoms with Crippen LogP contribution in [0.15, 0.2) is 0 Å². The minimum atomic E-state index is 0.218. The number of piperazine rings is 1. The van der Waals surface area contributed by atoms with E-state index in [0.29, 0.717) is 12.0 Å². The zero-order chi connectivity index (χ0) is 13.1. The molecular weight excluding hydrogens is 208 g/mol. The van der Waals surface area contributed by atoms with E-state index in [2.05, 4.69) is 50.8 Å². The molecule has 0 spiro atoms. The normalized spacial score (nSPS) is 32.4. The Morgan fingerprint density at radius 1 is 1.47 bits per heavy atom. The van der Waals surface area contributed by atoms with E-state index in [-0.39, 0.29) is 11.6 Å². The largest absolute Gasteiger partial charge is 0.309 e. The highest BCUT2D eigenvalue weighted by molar-refractivity contribution is 5.06. The first kappa shape index (κ1) is 14.5. The highest BCUT2D eigenvalue weighted by Gasteiger charge is 2.38. The van der Waals surface area contributed by atoms with Crippen LogP contribution in [0.3, 0.4) is 0 Å². The van der Waals surface area contributed by atoms with Crippen LogP contribution in [0, 0.1) is 18.3 Å². The van der Waals surface area contributed by atoms with Crippen LogP contribution < -0.4 is 5.32 Å². The topological polar surface area (TPSA) is 15.3 Å². The van der Waals surface area contributed by atoms with Gasteiger partial charge >= 0.3 is 0 Å². The van der Waals surface area contributed by atoms with Crippen LogP contribution in [0.5, 0.6) is 0 Å². The van der Waals surface area contributed by atoms with E-state index in [1.807, 2.05) is 0 Å². The summed E-state index contributed by atoms with van der Waals surface area (Å²) in [4.78, 5) is 2.55. The molecule has 0 aromatic carbocycles. The van der Waals surface area contributed by atoms with Crippen molar-refractivity contribution in [1.82, 2.24) is 10.2 Å². The van der Waals surface area contributed by atoms with Gasteiger partial charge in [0.1, 0.15) is 0 Å². The molecule has 2 nitrogen and oxygen atoms in total. The van der Waals surface area contributed by atoms with E-state index >= 15 is 0 Å². The fourth-order valence-electron chi connectivity index (χ4n) is 2.69. The lowest BCUT2D eigenvalue weighted by molar-refractivity contribution is 0.0408. The van der Waals surface area contributed by atoms with Gasteiger partial charge in [-0.2, -0.15) is 0 Å². The summed E-state index contributed by atoms with van der Waals surface area (Å²) >= 11 is 0. The highest BCUT2D eigenvalue weighted by atomic mass is 15.3. The minimum Gasteiger partial charge on any atom is -0.309 e. The molecule has 3 atom stereocenters. The molecule has 1 saturated heterocycles. The summed E-state index contributed by atoms with van der Waals surface area (Å²) < 4.78 is 0. The molecule has 0 aliphatic carbocycles. The average Bonchev–Trinajstić information content (AvgIpc) is 2.30. The molecule has 0 saturated carbocycles.